The molecule has 1 saturated heterocycles. The third kappa shape index (κ3) is 3.45. The molecular weight excluding hydrogens is 243 g/mol. The molecule has 0 saturated carbocycles. The third-order valence-electron chi connectivity index (χ3n) is 3.69. The van der Waals surface area contributed by atoms with E-state index in [1.54, 1.807) is 13.0 Å². The fourth-order valence-corrected chi connectivity index (χ4v) is 2.68. The van der Waals surface area contributed by atoms with Gasteiger partial charge in [-0.25, -0.2) is 4.39 Å². The maximum absolute atomic E-state index is 13.3. The minimum absolute atomic E-state index is 0.288. The van der Waals surface area contributed by atoms with E-state index in [1.807, 2.05) is 0 Å². The molecule has 2 rings (SSSR count). The Morgan fingerprint density at radius 3 is 2.53 bits per heavy atom. The van der Waals surface area contributed by atoms with Gasteiger partial charge in [-0.3, -0.25) is 4.90 Å². The van der Waals surface area contributed by atoms with E-state index in [0.717, 1.165) is 38.4 Å². The van der Waals surface area contributed by atoms with Crippen LogP contribution >= 0.6 is 0 Å². The van der Waals surface area contributed by atoms with Crippen molar-refractivity contribution in [3.63, 3.8) is 0 Å². The Balaban J connectivity index is 2.11. The number of piperazine rings is 1. The Bertz CT molecular complexity index is 415. The van der Waals surface area contributed by atoms with Gasteiger partial charge in [-0.05, 0) is 38.1 Å². The first-order chi connectivity index (χ1) is 9.11. The van der Waals surface area contributed by atoms with E-state index in [-0.39, 0.29) is 5.82 Å². The minimum atomic E-state index is -0.639. The fraction of sp³-hybridized carbons (Fsp3) is 0.600. The second-order valence-corrected chi connectivity index (χ2v) is 5.21. The first-order valence-corrected chi connectivity index (χ1v) is 7.06. The molecule has 0 aliphatic carbocycles. The lowest BCUT2D eigenvalue weighted by atomic mass is 10.1. The summed E-state index contributed by atoms with van der Waals surface area (Å²) in [6.07, 6.45) is 0.537. The number of aliphatic hydroxyl groups excluding tert-OH is 1. The van der Waals surface area contributed by atoms with Crippen molar-refractivity contribution in [1.82, 2.24) is 4.90 Å². The van der Waals surface area contributed by atoms with E-state index in [1.165, 1.54) is 18.6 Å². The topological polar surface area (TPSA) is 26.7 Å². The molecule has 0 unspecified atom stereocenters. The summed E-state index contributed by atoms with van der Waals surface area (Å²) in [5, 5.41) is 9.79. The second kappa shape index (κ2) is 6.35. The predicted octanol–water partition coefficient (Wildman–Crippen LogP) is 2.41. The van der Waals surface area contributed by atoms with E-state index in [9.17, 15) is 9.50 Å². The SMILES string of the molecule is CCCN1CCN(c2ccc(F)cc2[C@H](C)O)CC1. The standard InChI is InChI=1S/C15H23FN2O/c1-3-6-17-7-9-18(10-8-17)15-5-4-13(16)11-14(15)12(2)19/h4-5,11-12,19H,3,6-10H2,1-2H3/t12-/m0/s1. The highest BCUT2D eigenvalue weighted by Crippen LogP contribution is 2.28. The van der Waals surface area contributed by atoms with Crippen LogP contribution in [0.25, 0.3) is 0 Å². The van der Waals surface area contributed by atoms with E-state index < -0.39 is 6.10 Å². The van der Waals surface area contributed by atoms with Crippen LogP contribution in [0.15, 0.2) is 18.2 Å². The van der Waals surface area contributed by atoms with Gasteiger partial charge in [0.2, 0.25) is 0 Å². The summed E-state index contributed by atoms with van der Waals surface area (Å²) in [4.78, 5) is 4.69. The Hall–Kier alpha value is -1.13. The van der Waals surface area contributed by atoms with Crippen molar-refractivity contribution in [3.8, 4) is 0 Å². The zero-order valence-corrected chi connectivity index (χ0v) is 11.8. The van der Waals surface area contributed by atoms with Crippen LogP contribution in [0.3, 0.4) is 0 Å². The summed E-state index contributed by atoms with van der Waals surface area (Å²) in [6.45, 7) is 8.95. The van der Waals surface area contributed by atoms with Gasteiger partial charge in [0, 0.05) is 37.4 Å². The average molecular weight is 266 g/mol. The van der Waals surface area contributed by atoms with E-state index >= 15 is 0 Å². The van der Waals surface area contributed by atoms with Gasteiger partial charge < -0.3 is 10.0 Å². The summed E-state index contributed by atoms with van der Waals surface area (Å²) in [5.41, 5.74) is 1.65. The van der Waals surface area contributed by atoms with Crippen LogP contribution in [0.5, 0.6) is 0 Å². The molecule has 106 valence electrons. The molecule has 1 aromatic rings. The van der Waals surface area contributed by atoms with Crippen molar-refractivity contribution in [2.45, 2.75) is 26.4 Å². The maximum atomic E-state index is 13.3. The molecule has 0 bridgehead atoms. The van der Waals surface area contributed by atoms with Crippen LogP contribution in [0, 0.1) is 5.82 Å². The molecule has 1 aliphatic rings. The van der Waals surface area contributed by atoms with Gasteiger partial charge in [-0.15, -0.1) is 0 Å². The van der Waals surface area contributed by atoms with Crippen molar-refractivity contribution in [2.24, 2.45) is 0 Å². The number of rotatable bonds is 4. The monoisotopic (exact) mass is 266 g/mol. The second-order valence-electron chi connectivity index (χ2n) is 5.21. The molecule has 1 heterocycles. The molecule has 1 fully saturated rings. The van der Waals surface area contributed by atoms with Gasteiger partial charge in [-0.1, -0.05) is 6.92 Å². The number of aliphatic hydroxyl groups is 1. The lowest BCUT2D eigenvalue weighted by Gasteiger charge is -2.37. The van der Waals surface area contributed by atoms with Crippen molar-refractivity contribution in [1.29, 1.82) is 0 Å². The lowest BCUT2D eigenvalue weighted by molar-refractivity contribution is 0.198. The van der Waals surface area contributed by atoms with E-state index in [0.29, 0.717) is 5.56 Å². The quantitative estimate of drug-likeness (QED) is 0.906. The van der Waals surface area contributed by atoms with Crippen LogP contribution in [-0.4, -0.2) is 42.7 Å². The Morgan fingerprint density at radius 2 is 1.95 bits per heavy atom. The highest BCUT2D eigenvalue weighted by atomic mass is 19.1. The summed E-state index contributed by atoms with van der Waals surface area (Å²) in [7, 11) is 0. The van der Waals surface area contributed by atoms with E-state index in [4.69, 9.17) is 0 Å². The smallest absolute Gasteiger partial charge is 0.123 e. The summed E-state index contributed by atoms with van der Waals surface area (Å²) >= 11 is 0. The van der Waals surface area contributed by atoms with E-state index in [2.05, 4.69) is 16.7 Å². The van der Waals surface area contributed by atoms with Gasteiger partial charge in [0.25, 0.3) is 0 Å². The Labute approximate surface area is 114 Å². The summed E-state index contributed by atoms with van der Waals surface area (Å²) in [6, 6.07) is 4.70. The molecule has 3 nitrogen and oxygen atoms in total. The van der Waals surface area contributed by atoms with Gasteiger partial charge in [0.15, 0.2) is 0 Å². The number of benzene rings is 1. The van der Waals surface area contributed by atoms with Crippen molar-refractivity contribution in [3.05, 3.63) is 29.6 Å². The van der Waals surface area contributed by atoms with Crippen molar-refractivity contribution in [2.75, 3.05) is 37.6 Å². The minimum Gasteiger partial charge on any atom is -0.389 e. The molecule has 19 heavy (non-hydrogen) atoms. The maximum Gasteiger partial charge on any atom is 0.123 e. The van der Waals surface area contributed by atoms with Crippen LogP contribution in [0.2, 0.25) is 0 Å². The molecule has 0 amide bonds. The Morgan fingerprint density at radius 1 is 1.26 bits per heavy atom. The van der Waals surface area contributed by atoms with Crippen molar-refractivity contribution < 1.29 is 9.50 Å². The number of halogens is 1. The largest absolute Gasteiger partial charge is 0.389 e. The van der Waals surface area contributed by atoms with Crippen LogP contribution < -0.4 is 4.90 Å². The van der Waals surface area contributed by atoms with Crippen LogP contribution in [0.1, 0.15) is 31.9 Å². The molecule has 0 aromatic heterocycles. The number of nitrogens with zero attached hydrogens (tertiary/aromatic N) is 2. The lowest BCUT2D eigenvalue weighted by Crippen LogP contribution is -2.46. The zero-order valence-electron chi connectivity index (χ0n) is 11.8. The highest BCUT2D eigenvalue weighted by molar-refractivity contribution is 5.55. The molecule has 0 spiro atoms. The first kappa shape index (κ1) is 14.3. The van der Waals surface area contributed by atoms with Gasteiger partial charge >= 0.3 is 0 Å². The third-order valence-corrected chi connectivity index (χ3v) is 3.69. The summed E-state index contributed by atoms with van der Waals surface area (Å²) in [5.74, 6) is -0.288. The number of anilines is 1. The average Bonchev–Trinajstić information content (AvgIpc) is 2.40. The fourth-order valence-electron chi connectivity index (χ4n) is 2.68. The van der Waals surface area contributed by atoms with Crippen LogP contribution in [0.4, 0.5) is 10.1 Å². The number of hydrogen-bond acceptors (Lipinski definition) is 3. The van der Waals surface area contributed by atoms with Crippen molar-refractivity contribution >= 4 is 5.69 Å². The normalized spacial score (nSPS) is 18.6. The highest BCUT2D eigenvalue weighted by Gasteiger charge is 2.20. The molecule has 1 aromatic carbocycles. The molecule has 1 N–H and O–H groups in total. The molecule has 4 heteroatoms. The van der Waals surface area contributed by atoms with Gasteiger partial charge in [0.05, 0.1) is 6.10 Å². The Kier molecular flexibility index (Phi) is 4.77. The van der Waals surface area contributed by atoms with Crippen LogP contribution in [-0.2, 0) is 0 Å². The molecule has 1 aliphatic heterocycles. The molecule has 0 radical (unpaired) electrons. The van der Waals surface area contributed by atoms with Gasteiger partial charge in [0.1, 0.15) is 5.82 Å². The predicted molar refractivity (Wildman–Crippen MR) is 76.0 cm³/mol. The molecular formula is C15H23FN2O. The summed E-state index contributed by atoms with van der Waals surface area (Å²) < 4.78 is 13.3. The van der Waals surface area contributed by atoms with Gasteiger partial charge in [-0.2, -0.15) is 0 Å². The molecule has 1 atom stereocenters. The first-order valence-electron chi connectivity index (χ1n) is 7.06. The number of hydrogen-bond donors (Lipinski definition) is 1. The zero-order chi connectivity index (χ0) is 13.8.